The molecule has 156 valence electrons. The van der Waals surface area contributed by atoms with E-state index in [-0.39, 0.29) is 24.3 Å². The molecule has 0 saturated heterocycles. The van der Waals surface area contributed by atoms with Crippen LogP contribution in [0.15, 0.2) is 42.5 Å². The van der Waals surface area contributed by atoms with E-state index in [2.05, 4.69) is 5.32 Å². The average molecular weight is 413 g/mol. The van der Waals surface area contributed by atoms with Gasteiger partial charge in [0.25, 0.3) is 17.5 Å². The zero-order valence-corrected chi connectivity index (χ0v) is 16.3. The third kappa shape index (κ3) is 3.93. The van der Waals surface area contributed by atoms with E-state index in [9.17, 15) is 24.5 Å². The summed E-state index contributed by atoms with van der Waals surface area (Å²) in [4.78, 5) is 48.8. The topological polar surface area (TPSA) is 128 Å². The molecule has 10 heteroatoms. The zero-order chi connectivity index (χ0) is 21.8. The van der Waals surface area contributed by atoms with Crippen LogP contribution in [0, 0.1) is 10.1 Å². The molecular weight excluding hydrogens is 394 g/mol. The number of hydrogen-bond donors (Lipinski definition) is 1. The smallest absolute Gasteiger partial charge is 0.282 e. The van der Waals surface area contributed by atoms with E-state index in [0.717, 1.165) is 11.0 Å². The fraction of sp³-hybridized carbons (Fsp3) is 0.250. The molecule has 1 unspecified atom stereocenters. The molecule has 30 heavy (non-hydrogen) atoms. The van der Waals surface area contributed by atoms with Gasteiger partial charge in [0.2, 0.25) is 5.91 Å². The molecule has 10 nitrogen and oxygen atoms in total. The van der Waals surface area contributed by atoms with Gasteiger partial charge in [-0.2, -0.15) is 0 Å². The summed E-state index contributed by atoms with van der Waals surface area (Å²) in [7, 11) is 1.55. The SMILES string of the molecule is COc1ccc(OCCNC(=O)C(C)N2C(=O)c3cccc([N+](=O)[O-])c3C2=O)cc1. The largest absolute Gasteiger partial charge is 0.497 e. The number of nitro groups is 1. The molecule has 1 aliphatic heterocycles. The molecule has 0 radical (unpaired) electrons. The highest BCUT2D eigenvalue weighted by atomic mass is 16.6. The van der Waals surface area contributed by atoms with Gasteiger partial charge in [0.15, 0.2) is 0 Å². The molecule has 1 N–H and O–H groups in total. The van der Waals surface area contributed by atoms with E-state index in [1.807, 2.05) is 0 Å². The molecule has 0 bridgehead atoms. The maximum absolute atomic E-state index is 12.6. The Morgan fingerprint density at radius 1 is 1.13 bits per heavy atom. The van der Waals surface area contributed by atoms with Crippen molar-refractivity contribution in [1.29, 1.82) is 0 Å². The number of carbonyl (C=O) groups excluding carboxylic acids is 3. The van der Waals surface area contributed by atoms with Crippen molar-refractivity contribution in [1.82, 2.24) is 10.2 Å². The molecule has 2 aromatic rings. The quantitative estimate of drug-likeness (QED) is 0.302. The van der Waals surface area contributed by atoms with E-state index < -0.39 is 34.4 Å². The van der Waals surface area contributed by atoms with Crippen LogP contribution in [-0.4, -0.2) is 53.8 Å². The summed E-state index contributed by atoms with van der Waals surface area (Å²) >= 11 is 0. The van der Waals surface area contributed by atoms with Crippen molar-refractivity contribution in [2.24, 2.45) is 0 Å². The highest BCUT2D eigenvalue weighted by Gasteiger charge is 2.44. The Labute approximate surface area is 171 Å². The van der Waals surface area contributed by atoms with Gasteiger partial charge in [0, 0.05) is 6.07 Å². The fourth-order valence-corrected chi connectivity index (χ4v) is 3.07. The van der Waals surface area contributed by atoms with Crippen LogP contribution in [0.3, 0.4) is 0 Å². The van der Waals surface area contributed by atoms with Crippen molar-refractivity contribution in [2.45, 2.75) is 13.0 Å². The number of nitro benzene ring substituents is 1. The highest BCUT2D eigenvalue weighted by Crippen LogP contribution is 2.31. The van der Waals surface area contributed by atoms with Crippen LogP contribution in [0.5, 0.6) is 11.5 Å². The monoisotopic (exact) mass is 413 g/mol. The third-order valence-corrected chi connectivity index (χ3v) is 4.62. The van der Waals surface area contributed by atoms with E-state index in [4.69, 9.17) is 9.47 Å². The molecule has 0 saturated carbocycles. The van der Waals surface area contributed by atoms with Crippen molar-refractivity contribution in [3.05, 3.63) is 63.7 Å². The number of benzene rings is 2. The van der Waals surface area contributed by atoms with Gasteiger partial charge in [-0.1, -0.05) is 6.07 Å². The number of methoxy groups -OCH3 is 1. The van der Waals surface area contributed by atoms with Crippen molar-refractivity contribution in [3.63, 3.8) is 0 Å². The Morgan fingerprint density at radius 3 is 2.43 bits per heavy atom. The molecule has 2 aromatic carbocycles. The van der Waals surface area contributed by atoms with Gasteiger partial charge in [0.05, 0.1) is 24.1 Å². The number of nitrogens with one attached hydrogen (secondary N) is 1. The van der Waals surface area contributed by atoms with Gasteiger partial charge in [-0.05, 0) is 37.3 Å². The number of rotatable bonds is 8. The van der Waals surface area contributed by atoms with Crippen LogP contribution in [0.2, 0.25) is 0 Å². The summed E-state index contributed by atoms with van der Waals surface area (Å²) < 4.78 is 10.6. The zero-order valence-electron chi connectivity index (χ0n) is 16.3. The first-order valence-electron chi connectivity index (χ1n) is 9.05. The van der Waals surface area contributed by atoms with Gasteiger partial charge in [-0.15, -0.1) is 0 Å². The van der Waals surface area contributed by atoms with Gasteiger partial charge in [0.1, 0.15) is 29.7 Å². The van der Waals surface area contributed by atoms with E-state index in [1.165, 1.54) is 19.1 Å². The first kappa shape index (κ1) is 20.8. The molecule has 1 atom stereocenters. The van der Waals surface area contributed by atoms with E-state index >= 15 is 0 Å². The lowest BCUT2D eigenvalue weighted by Gasteiger charge is -2.21. The molecule has 3 rings (SSSR count). The first-order chi connectivity index (χ1) is 14.3. The lowest BCUT2D eigenvalue weighted by molar-refractivity contribution is -0.385. The maximum Gasteiger partial charge on any atom is 0.282 e. The molecule has 0 spiro atoms. The molecular formula is C20H19N3O7. The number of hydrogen-bond acceptors (Lipinski definition) is 7. The van der Waals surface area contributed by atoms with Crippen LogP contribution in [0.1, 0.15) is 27.6 Å². The number of amides is 3. The molecule has 0 aliphatic carbocycles. The van der Waals surface area contributed by atoms with Crippen LogP contribution in [0.25, 0.3) is 0 Å². The molecule has 1 heterocycles. The van der Waals surface area contributed by atoms with Crippen molar-refractivity contribution < 1.29 is 28.8 Å². The lowest BCUT2D eigenvalue weighted by Crippen LogP contribution is -2.48. The van der Waals surface area contributed by atoms with Crippen LogP contribution < -0.4 is 14.8 Å². The molecule has 0 aromatic heterocycles. The summed E-state index contributed by atoms with van der Waals surface area (Å²) in [5.74, 6) is -0.905. The minimum Gasteiger partial charge on any atom is -0.497 e. The molecule has 0 fully saturated rings. The maximum atomic E-state index is 12.6. The minimum absolute atomic E-state index is 0.0864. The predicted molar refractivity (Wildman–Crippen MR) is 105 cm³/mol. The fourth-order valence-electron chi connectivity index (χ4n) is 3.07. The number of ether oxygens (including phenoxy) is 2. The molecule has 3 amide bonds. The molecule has 1 aliphatic rings. The van der Waals surface area contributed by atoms with Crippen LogP contribution in [0.4, 0.5) is 5.69 Å². The summed E-state index contributed by atoms with van der Waals surface area (Å²) in [5.41, 5.74) is -0.847. The Hall–Kier alpha value is -3.95. The third-order valence-electron chi connectivity index (χ3n) is 4.62. The number of fused-ring (bicyclic) bond motifs is 1. The standard InChI is InChI=1S/C20H19N3O7/c1-12(18(24)21-10-11-30-14-8-6-13(29-2)7-9-14)22-19(25)15-4-3-5-16(23(27)28)17(15)20(22)26/h3-9,12H,10-11H2,1-2H3,(H,21,24). The Balaban J connectivity index is 1.59. The highest BCUT2D eigenvalue weighted by molar-refractivity contribution is 6.24. The van der Waals surface area contributed by atoms with Gasteiger partial charge in [-0.25, -0.2) is 0 Å². The number of imide groups is 1. The Kier molecular flexibility index (Phi) is 5.95. The normalized spacial score (nSPS) is 13.6. The van der Waals surface area contributed by atoms with Gasteiger partial charge in [-0.3, -0.25) is 29.4 Å². The predicted octanol–water partition coefficient (Wildman–Crippen LogP) is 1.78. The van der Waals surface area contributed by atoms with E-state index in [1.54, 1.807) is 31.4 Å². The second-order valence-corrected chi connectivity index (χ2v) is 6.43. The minimum atomic E-state index is -1.14. The van der Waals surface area contributed by atoms with Crippen LogP contribution in [-0.2, 0) is 4.79 Å². The van der Waals surface area contributed by atoms with Crippen LogP contribution >= 0.6 is 0 Å². The summed E-state index contributed by atoms with van der Waals surface area (Å²) in [6.07, 6.45) is 0. The second-order valence-electron chi connectivity index (χ2n) is 6.43. The summed E-state index contributed by atoms with van der Waals surface area (Å²) in [5, 5.41) is 13.8. The number of carbonyl (C=O) groups is 3. The van der Waals surface area contributed by atoms with Crippen molar-refractivity contribution in [2.75, 3.05) is 20.3 Å². The summed E-state index contributed by atoms with van der Waals surface area (Å²) in [6.45, 7) is 1.68. The lowest BCUT2D eigenvalue weighted by atomic mass is 10.1. The average Bonchev–Trinajstić information content (AvgIpc) is 3.01. The second kappa shape index (κ2) is 8.60. The number of nitrogens with zero attached hydrogens (tertiary/aromatic N) is 2. The summed E-state index contributed by atoms with van der Waals surface area (Å²) in [6, 6.07) is 9.56. The first-order valence-corrected chi connectivity index (χ1v) is 9.05. The van der Waals surface area contributed by atoms with Gasteiger partial charge >= 0.3 is 0 Å². The van der Waals surface area contributed by atoms with E-state index in [0.29, 0.717) is 11.5 Å². The Bertz CT molecular complexity index is 1000. The van der Waals surface area contributed by atoms with Crippen molar-refractivity contribution in [3.8, 4) is 11.5 Å². The Morgan fingerprint density at radius 2 is 1.80 bits per heavy atom. The van der Waals surface area contributed by atoms with Gasteiger partial charge < -0.3 is 14.8 Å². The van der Waals surface area contributed by atoms with Crippen molar-refractivity contribution >= 4 is 23.4 Å².